The highest BCUT2D eigenvalue weighted by molar-refractivity contribution is 7.84. The largest absolute Gasteiger partial charge is 0.337 e. The van der Waals surface area contributed by atoms with Gasteiger partial charge in [0.2, 0.25) is 5.91 Å². The first kappa shape index (κ1) is 14.4. The molecule has 7 heteroatoms. The molecule has 0 heterocycles. The Morgan fingerprint density at radius 1 is 1.40 bits per heavy atom. The van der Waals surface area contributed by atoms with E-state index in [1.807, 2.05) is 0 Å². The number of imide groups is 1. The zero-order valence-corrected chi connectivity index (χ0v) is 10.4. The molecule has 3 unspecified atom stereocenters. The third-order valence-electron chi connectivity index (χ3n) is 1.71. The summed E-state index contributed by atoms with van der Waals surface area (Å²) in [6.45, 7) is 3.45. The van der Waals surface area contributed by atoms with Crippen molar-refractivity contribution in [1.29, 1.82) is 0 Å². The first-order valence-electron chi connectivity index (χ1n) is 4.39. The minimum absolute atomic E-state index is 0.153. The zero-order chi connectivity index (χ0) is 12.0. The summed E-state index contributed by atoms with van der Waals surface area (Å²) in [5.41, 5.74) is 0. The van der Waals surface area contributed by atoms with Crippen molar-refractivity contribution in [2.24, 2.45) is 0 Å². The Morgan fingerprint density at radius 3 is 2.33 bits per heavy atom. The minimum atomic E-state index is -1.00. The molecule has 2 N–H and O–H groups in total. The first-order chi connectivity index (χ1) is 6.84. The lowest BCUT2D eigenvalue weighted by molar-refractivity contribution is -0.119. The number of urea groups is 1. The van der Waals surface area contributed by atoms with Gasteiger partial charge in [0.15, 0.2) is 0 Å². The first-order valence-corrected chi connectivity index (χ1v) is 6.45. The number of amides is 3. The van der Waals surface area contributed by atoms with Crippen LogP contribution < -0.4 is 10.6 Å². The molecule has 0 aliphatic rings. The predicted octanol–water partition coefficient (Wildman–Crippen LogP) is 0.206. The molecule has 0 radical (unpaired) electrons. The molecule has 88 valence electrons. The second-order valence-electron chi connectivity index (χ2n) is 3.12. The maximum absolute atomic E-state index is 11.1. The average molecular weight is 255 g/mol. The van der Waals surface area contributed by atoms with Crippen molar-refractivity contribution in [3.63, 3.8) is 0 Å². The molecule has 0 aromatic carbocycles. The van der Waals surface area contributed by atoms with E-state index < -0.39 is 28.1 Å². The van der Waals surface area contributed by atoms with Crippen LogP contribution in [0.5, 0.6) is 0 Å². The smallest absolute Gasteiger partial charge is 0.321 e. The van der Waals surface area contributed by atoms with Gasteiger partial charge in [-0.2, -0.15) is 0 Å². The molecule has 0 fully saturated rings. The van der Waals surface area contributed by atoms with Gasteiger partial charge >= 0.3 is 6.03 Å². The van der Waals surface area contributed by atoms with E-state index >= 15 is 0 Å². The van der Waals surface area contributed by atoms with Gasteiger partial charge in [-0.25, -0.2) is 4.79 Å². The molecule has 0 aliphatic heterocycles. The van der Waals surface area contributed by atoms with Gasteiger partial charge in [-0.05, 0) is 13.8 Å². The molecule has 3 atom stereocenters. The number of halogens is 1. The van der Waals surface area contributed by atoms with Crippen molar-refractivity contribution < 1.29 is 13.8 Å². The summed E-state index contributed by atoms with van der Waals surface area (Å²) < 4.78 is 10.9. The Kier molecular flexibility index (Phi) is 6.51. The maximum Gasteiger partial charge on any atom is 0.321 e. The molecule has 15 heavy (non-hydrogen) atoms. The van der Waals surface area contributed by atoms with Crippen LogP contribution in [0.15, 0.2) is 0 Å². The molecule has 0 bridgehead atoms. The van der Waals surface area contributed by atoms with Crippen LogP contribution in [0.4, 0.5) is 4.79 Å². The number of hydrogen-bond donors (Lipinski definition) is 2. The van der Waals surface area contributed by atoms with E-state index in [2.05, 4.69) is 10.6 Å². The van der Waals surface area contributed by atoms with E-state index in [1.165, 1.54) is 6.92 Å². The molecule has 5 nitrogen and oxygen atoms in total. The highest BCUT2D eigenvalue weighted by Crippen LogP contribution is 1.92. The number of rotatable bonds is 4. The average Bonchev–Trinajstić information content (AvgIpc) is 2.13. The van der Waals surface area contributed by atoms with Crippen LogP contribution in [-0.4, -0.2) is 39.6 Å². The fraction of sp³-hybridized carbons (Fsp3) is 0.750. The summed E-state index contributed by atoms with van der Waals surface area (Å²) >= 11 is 5.44. The van der Waals surface area contributed by atoms with Crippen molar-refractivity contribution in [2.45, 2.75) is 24.5 Å². The normalized spacial score (nSPS) is 16.3. The van der Waals surface area contributed by atoms with Crippen molar-refractivity contribution in [3.05, 3.63) is 0 Å². The molecule has 0 aromatic rings. The molecule has 0 aromatic heterocycles. The zero-order valence-electron chi connectivity index (χ0n) is 8.87. The third kappa shape index (κ3) is 6.46. The standard InChI is InChI=1S/C8H15ClN2O3S/c1-5(15(3)14)4-10-8(13)11-7(12)6(2)9/h5-6H,4H2,1-3H3,(H2,10,11,12,13). The third-order valence-corrected chi connectivity index (χ3v) is 3.21. The Labute approximate surface area is 96.4 Å². The van der Waals surface area contributed by atoms with E-state index in [-0.39, 0.29) is 11.8 Å². The minimum Gasteiger partial charge on any atom is -0.337 e. The topological polar surface area (TPSA) is 75.3 Å². The fourth-order valence-electron chi connectivity index (χ4n) is 0.609. The molecule has 3 amide bonds. The summed E-state index contributed by atoms with van der Waals surface area (Å²) in [7, 11) is -1.00. The molecule has 0 spiro atoms. The van der Waals surface area contributed by atoms with Crippen LogP contribution in [0, 0.1) is 0 Å². The van der Waals surface area contributed by atoms with Gasteiger partial charge in [0.05, 0.1) is 0 Å². The van der Waals surface area contributed by atoms with Gasteiger partial charge < -0.3 is 5.32 Å². The van der Waals surface area contributed by atoms with Gasteiger partial charge in [0, 0.05) is 28.9 Å². The molecule has 0 aliphatic carbocycles. The molecule has 0 saturated carbocycles. The van der Waals surface area contributed by atoms with E-state index in [9.17, 15) is 13.8 Å². The molecular weight excluding hydrogens is 240 g/mol. The predicted molar refractivity (Wildman–Crippen MR) is 60.4 cm³/mol. The summed E-state index contributed by atoms with van der Waals surface area (Å²) in [4.78, 5) is 22.1. The van der Waals surface area contributed by atoms with Crippen molar-refractivity contribution >= 4 is 34.3 Å². The highest BCUT2D eigenvalue weighted by Gasteiger charge is 2.13. The van der Waals surface area contributed by atoms with Crippen molar-refractivity contribution in [2.75, 3.05) is 12.8 Å². The number of alkyl halides is 1. The highest BCUT2D eigenvalue weighted by atomic mass is 35.5. The summed E-state index contributed by atoms with van der Waals surface area (Å²) in [6.07, 6.45) is 1.55. The Balaban J connectivity index is 3.86. The molecular formula is C8H15ClN2O3S. The lowest BCUT2D eigenvalue weighted by Gasteiger charge is -2.10. The Hall–Kier alpha value is -0.620. The van der Waals surface area contributed by atoms with Crippen LogP contribution in [-0.2, 0) is 15.6 Å². The van der Waals surface area contributed by atoms with Crippen molar-refractivity contribution in [1.82, 2.24) is 10.6 Å². The lowest BCUT2D eigenvalue weighted by atomic mass is 10.4. The van der Waals surface area contributed by atoms with Crippen LogP contribution in [0.1, 0.15) is 13.8 Å². The van der Waals surface area contributed by atoms with Gasteiger partial charge in [-0.3, -0.25) is 14.3 Å². The summed E-state index contributed by atoms with van der Waals surface area (Å²) in [5, 5.41) is 3.57. The van der Waals surface area contributed by atoms with Crippen LogP contribution >= 0.6 is 11.6 Å². The lowest BCUT2D eigenvalue weighted by Crippen LogP contribution is -2.44. The van der Waals surface area contributed by atoms with E-state index in [1.54, 1.807) is 13.2 Å². The van der Waals surface area contributed by atoms with Gasteiger partial charge in [0.25, 0.3) is 0 Å². The van der Waals surface area contributed by atoms with Crippen LogP contribution in [0.25, 0.3) is 0 Å². The summed E-state index contributed by atoms with van der Waals surface area (Å²) in [5.74, 6) is -0.556. The monoisotopic (exact) mass is 254 g/mol. The molecule has 0 rings (SSSR count). The summed E-state index contributed by atoms with van der Waals surface area (Å²) in [6, 6.07) is -0.621. The SMILES string of the molecule is CC(Cl)C(=O)NC(=O)NCC(C)S(C)=O. The van der Waals surface area contributed by atoms with E-state index in [4.69, 9.17) is 11.6 Å². The number of carbonyl (C=O) groups is 2. The number of hydrogen-bond acceptors (Lipinski definition) is 3. The fourth-order valence-corrected chi connectivity index (χ4v) is 0.982. The van der Waals surface area contributed by atoms with Gasteiger partial charge in [-0.1, -0.05) is 0 Å². The Morgan fingerprint density at radius 2 is 1.93 bits per heavy atom. The van der Waals surface area contributed by atoms with E-state index in [0.29, 0.717) is 0 Å². The van der Waals surface area contributed by atoms with Crippen LogP contribution in [0.2, 0.25) is 0 Å². The Bertz CT molecular complexity index is 271. The second-order valence-corrected chi connectivity index (χ2v) is 5.58. The second kappa shape index (κ2) is 6.79. The number of carbonyl (C=O) groups excluding carboxylic acids is 2. The van der Waals surface area contributed by atoms with E-state index in [0.717, 1.165) is 0 Å². The number of nitrogens with one attached hydrogen (secondary N) is 2. The van der Waals surface area contributed by atoms with Crippen LogP contribution in [0.3, 0.4) is 0 Å². The van der Waals surface area contributed by atoms with Gasteiger partial charge in [-0.15, -0.1) is 11.6 Å². The quantitative estimate of drug-likeness (QED) is 0.704. The van der Waals surface area contributed by atoms with Crippen molar-refractivity contribution in [3.8, 4) is 0 Å². The molecule has 0 saturated heterocycles. The van der Waals surface area contributed by atoms with Gasteiger partial charge in [0.1, 0.15) is 5.38 Å². The maximum atomic E-state index is 11.1.